The van der Waals surface area contributed by atoms with Crippen LogP contribution in [-0.2, 0) is 13.0 Å². The van der Waals surface area contributed by atoms with Crippen LogP contribution < -0.4 is 5.32 Å². The normalized spacial score (nSPS) is 11.2. The number of halogens is 2. The zero-order chi connectivity index (χ0) is 15.5. The standard InChI is InChI=1S/C17H16Cl2N2O/c18-16-12(5-6-15(22)17(16)19)9-20-8-7-11-10-21-14-4-2-1-3-13(11)14/h1-6,10,20-22H,7-9H2. The molecule has 0 bridgehead atoms. The number of aromatic hydroxyl groups is 1. The zero-order valence-electron chi connectivity index (χ0n) is 11.9. The summed E-state index contributed by atoms with van der Waals surface area (Å²) in [7, 11) is 0. The molecule has 0 fully saturated rings. The van der Waals surface area contributed by atoms with Crippen molar-refractivity contribution in [3.8, 4) is 5.75 Å². The fourth-order valence-corrected chi connectivity index (χ4v) is 2.91. The van der Waals surface area contributed by atoms with Crippen LogP contribution in [0, 0.1) is 0 Å². The Morgan fingerprint density at radius 3 is 2.68 bits per heavy atom. The van der Waals surface area contributed by atoms with Crippen LogP contribution in [0.15, 0.2) is 42.6 Å². The van der Waals surface area contributed by atoms with Crippen LogP contribution in [0.3, 0.4) is 0 Å². The number of hydrogen-bond acceptors (Lipinski definition) is 2. The van der Waals surface area contributed by atoms with Gasteiger partial charge in [0.2, 0.25) is 0 Å². The van der Waals surface area contributed by atoms with Gasteiger partial charge < -0.3 is 15.4 Å². The van der Waals surface area contributed by atoms with Crippen molar-refractivity contribution in [3.05, 3.63) is 63.8 Å². The summed E-state index contributed by atoms with van der Waals surface area (Å²) < 4.78 is 0. The number of phenolic OH excluding ortho intramolecular Hbond substituents is 1. The Labute approximate surface area is 138 Å². The van der Waals surface area contributed by atoms with Crippen LogP contribution in [0.2, 0.25) is 10.0 Å². The van der Waals surface area contributed by atoms with Crippen LogP contribution in [-0.4, -0.2) is 16.6 Å². The van der Waals surface area contributed by atoms with E-state index in [0.717, 1.165) is 24.0 Å². The molecule has 0 saturated carbocycles. The number of benzene rings is 2. The number of H-pyrrole nitrogens is 1. The molecule has 3 rings (SSSR count). The van der Waals surface area contributed by atoms with Gasteiger partial charge in [0.25, 0.3) is 0 Å². The largest absolute Gasteiger partial charge is 0.506 e. The molecule has 0 unspecified atom stereocenters. The van der Waals surface area contributed by atoms with Crippen molar-refractivity contribution in [2.24, 2.45) is 0 Å². The van der Waals surface area contributed by atoms with E-state index in [1.165, 1.54) is 10.9 Å². The van der Waals surface area contributed by atoms with Gasteiger partial charge in [-0.25, -0.2) is 0 Å². The Kier molecular flexibility index (Phi) is 4.57. The summed E-state index contributed by atoms with van der Waals surface area (Å²) in [5.41, 5.74) is 3.33. The SMILES string of the molecule is Oc1ccc(CNCCc2c[nH]c3ccccc23)c(Cl)c1Cl. The highest BCUT2D eigenvalue weighted by Gasteiger charge is 2.09. The van der Waals surface area contributed by atoms with Gasteiger partial charge in [-0.2, -0.15) is 0 Å². The number of aromatic amines is 1. The number of aromatic nitrogens is 1. The van der Waals surface area contributed by atoms with Gasteiger partial charge in [0.1, 0.15) is 10.8 Å². The summed E-state index contributed by atoms with van der Waals surface area (Å²) in [5.74, 6) is 0.00853. The predicted octanol–water partition coefficient (Wildman–Crippen LogP) is 4.51. The van der Waals surface area contributed by atoms with Crippen LogP contribution in [0.4, 0.5) is 0 Å². The molecule has 114 valence electrons. The third-order valence-electron chi connectivity index (χ3n) is 3.70. The second-order valence-corrected chi connectivity index (χ2v) is 5.91. The van der Waals surface area contributed by atoms with Crippen molar-refractivity contribution in [2.45, 2.75) is 13.0 Å². The quantitative estimate of drug-likeness (QED) is 0.601. The maximum atomic E-state index is 9.48. The highest BCUT2D eigenvalue weighted by molar-refractivity contribution is 6.43. The number of hydrogen-bond donors (Lipinski definition) is 3. The summed E-state index contributed by atoms with van der Waals surface area (Å²) in [6.07, 6.45) is 2.98. The molecule has 1 heterocycles. The van der Waals surface area contributed by atoms with Crippen molar-refractivity contribution in [1.29, 1.82) is 0 Å². The topological polar surface area (TPSA) is 48.0 Å². The van der Waals surface area contributed by atoms with Crippen LogP contribution in [0.5, 0.6) is 5.75 Å². The Hall–Kier alpha value is -1.68. The molecule has 0 atom stereocenters. The van der Waals surface area contributed by atoms with Gasteiger partial charge in [-0.05, 0) is 36.2 Å². The van der Waals surface area contributed by atoms with E-state index in [-0.39, 0.29) is 10.8 Å². The predicted molar refractivity (Wildman–Crippen MR) is 91.8 cm³/mol. The van der Waals surface area contributed by atoms with Crippen molar-refractivity contribution in [2.75, 3.05) is 6.54 Å². The molecule has 0 aliphatic heterocycles. The summed E-state index contributed by atoms with van der Waals surface area (Å²) in [5, 5.41) is 14.7. The summed E-state index contributed by atoms with van der Waals surface area (Å²) in [4.78, 5) is 3.28. The first kappa shape index (κ1) is 15.2. The van der Waals surface area contributed by atoms with E-state index < -0.39 is 0 Å². The molecule has 3 aromatic rings. The van der Waals surface area contributed by atoms with Crippen molar-refractivity contribution < 1.29 is 5.11 Å². The number of para-hydroxylation sites is 1. The average Bonchev–Trinajstić information content (AvgIpc) is 2.94. The molecule has 3 N–H and O–H groups in total. The first-order chi connectivity index (χ1) is 10.7. The molecule has 0 aliphatic rings. The third-order valence-corrected chi connectivity index (χ3v) is 4.61. The fourth-order valence-electron chi connectivity index (χ4n) is 2.50. The monoisotopic (exact) mass is 334 g/mol. The van der Waals surface area contributed by atoms with Crippen LogP contribution in [0.25, 0.3) is 10.9 Å². The molecule has 2 aromatic carbocycles. The molecule has 22 heavy (non-hydrogen) atoms. The fraction of sp³-hybridized carbons (Fsp3) is 0.176. The van der Waals surface area contributed by atoms with Gasteiger partial charge in [-0.15, -0.1) is 0 Å². The summed E-state index contributed by atoms with van der Waals surface area (Å²) >= 11 is 12.0. The lowest BCUT2D eigenvalue weighted by Gasteiger charge is -2.08. The second-order valence-electron chi connectivity index (χ2n) is 5.16. The highest BCUT2D eigenvalue weighted by Crippen LogP contribution is 2.33. The van der Waals surface area contributed by atoms with E-state index in [1.807, 2.05) is 12.1 Å². The number of fused-ring (bicyclic) bond motifs is 1. The Morgan fingerprint density at radius 1 is 1.00 bits per heavy atom. The molecule has 5 heteroatoms. The number of rotatable bonds is 5. The summed E-state index contributed by atoms with van der Waals surface area (Å²) in [6, 6.07) is 11.6. The van der Waals surface area contributed by atoms with E-state index in [4.69, 9.17) is 23.2 Å². The van der Waals surface area contributed by atoms with E-state index in [2.05, 4.69) is 28.6 Å². The lowest BCUT2D eigenvalue weighted by molar-refractivity contribution is 0.475. The number of phenols is 1. The third kappa shape index (κ3) is 3.07. The molecule has 3 nitrogen and oxygen atoms in total. The average molecular weight is 335 g/mol. The van der Waals surface area contributed by atoms with Gasteiger partial charge >= 0.3 is 0 Å². The smallest absolute Gasteiger partial charge is 0.135 e. The maximum absolute atomic E-state index is 9.48. The van der Waals surface area contributed by atoms with Gasteiger partial charge in [0.05, 0.1) is 5.02 Å². The van der Waals surface area contributed by atoms with Gasteiger partial charge in [-0.3, -0.25) is 0 Å². The maximum Gasteiger partial charge on any atom is 0.135 e. The Bertz CT molecular complexity index is 798. The van der Waals surface area contributed by atoms with E-state index >= 15 is 0 Å². The zero-order valence-corrected chi connectivity index (χ0v) is 13.4. The van der Waals surface area contributed by atoms with Gasteiger partial charge in [0, 0.05) is 23.6 Å². The minimum absolute atomic E-state index is 0.00853. The Morgan fingerprint density at radius 2 is 1.82 bits per heavy atom. The highest BCUT2D eigenvalue weighted by atomic mass is 35.5. The van der Waals surface area contributed by atoms with Gasteiger partial charge in [-0.1, -0.05) is 47.5 Å². The van der Waals surface area contributed by atoms with E-state index in [9.17, 15) is 5.11 Å². The molecular formula is C17H16Cl2N2O. The van der Waals surface area contributed by atoms with Crippen molar-refractivity contribution in [1.82, 2.24) is 10.3 Å². The summed E-state index contributed by atoms with van der Waals surface area (Å²) in [6.45, 7) is 1.44. The van der Waals surface area contributed by atoms with Gasteiger partial charge in [0.15, 0.2) is 0 Å². The lowest BCUT2D eigenvalue weighted by atomic mass is 10.1. The Balaban J connectivity index is 1.59. The molecule has 0 saturated heterocycles. The van der Waals surface area contributed by atoms with Crippen LogP contribution in [0.1, 0.15) is 11.1 Å². The van der Waals surface area contributed by atoms with Crippen molar-refractivity contribution in [3.63, 3.8) is 0 Å². The van der Waals surface area contributed by atoms with Crippen LogP contribution >= 0.6 is 23.2 Å². The number of nitrogens with one attached hydrogen (secondary N) is 2. The van der Waals surface area contributed by atoms with E-state index in [0.29, 0.717) is 11.6 Å². The van der Waals surface area contributed by atoms with E-state index in [1.54, 1.807) is 12.1 Å². The second kappa shape index (κ2) is 6.61. The first-order valence-corrected chi connectivity index (χ1v) is 7.84. The lowest BCUT2D eigenvalue weighted by Crippen LogP contribution is -2.16. The molecule has 0 radical (unpaired) electrons. The molecule has 0 amide bonds. The minimum atomic E-state index is 0.00853. The molecule has 0 spiro atoms. The molecular weight excluding hydrogens is 319 g/mol. The van der Waals surface area contributed by atoms with Crippen molar-refractivity contribution >= 4 is 34.1 Å². The molecule has 1 aromatic heterocycles. The first-order valence-electron chi connectivity index (χ1n) is 7.08. The molecule has 0 aliphatic carbocycles. The minimum Gasteiger partial charge on any atom is -0.506 e.